The Morgan fingerprint density at radius 1 is 0.949 bits per heavy atom. The van der Waals surface area contributed by atoms with Crippen molar-refractivity contribution in [1.29, 1.82) is 0 Å². The smallest absolute Gasteiger partial charge is 0.291 e. The molecule has 1 unspecified atom stereocenters. The number of rotatable bonds is 6. The molecule has 6 rings (SSSR count). The molecule has 3 aromatic carbocycles. The van der Waals surface area contributed by atoms with Gasteiger partial charge in [0.25, 0.3) is 11.8 Å². The van der Waals surface area contributed by atoms with Crippen molar-refractivity contribution >= 4 is 40.1 Å². The lowest BCUT2D eigenvalue weighted by Gasteiger charge is -2.34. The second kappa shape index (κ2) is 9.17. The summed E-state index contributed by atoms with van der Waals surface area (Å²) in [5.41, 5.74) is 0.262. The van der Waals surface area contributed by atoms with Crippen LogP contribution >= 0.6 is 11.6 Å². The van der Waals surface area contributed by atoms with E-state index >= 15 is 0 Å². The second-order valence-corrected chi connectivity index (χ2v) is 9.89. The van der Waals surface area contributed by atoms with Gasteiger partial charge in [-0.15, -0.1) is 0 Å². The quantitative estimate of drug-likeness (QED) is 0.347. The molecule has 0 N–H and O–H groups in total. The van der Waals surface area contributed by atoms with Gasteiger partial charge in [0.1, 0.15) is 5.58 Å². The van der Waals surface area contributed by atoms with E-state index in [1.54, 1.807) is 43.4 Å². The first kappa shape index (κ1) is 25.0. The maximum Gasteiger partial charge on any atom is 0.291 e. The fraction of sp³-hybridized carbons (Fsp3) is 0.233. The predicted octanol–water partition coefficient (Wildman–Crippen LogP) is 4.77. The Balaban J connectivity index is 1.57. The molecule has 3 heterocycles. The average molecular weight is 545 g/mol. The lowest BCUT2D eigenvalue weighted by molar-refractivity contribution is -0.126. The van der Waals surface area contributed by atoms with Crippen LogP contribution in [0.25, 0.3) is 11.0 Å². The third kappa shape index (κ3) is 3.41. The zero-order chi connectivity index (χ0) is 27.5. The van der Waals surface area contributed by atoms with E-state index < -0.39 is 16.9 Å². The Bertz CT molecular complexity index is 1730. The Labute approximate surface area is 229 Å². The number of nitrogens with zero attached hydrogens (tertiary/aromatic N) is 2. The maximum atomic E-state index is 14.4. The van der Waals surface area contributed by atoms with Gasteiger partial charge in [0.05, 0.1) is 30.9 Å². The third-order valence-electron chi connectivity index (χ3n) is 7.59. The first-order valence-corrected chi connectivity index (χ1v) is 13.0. The van der Waals surface area contributed by atoms with E-state index in [9.17, 15) is 14.4 Å². The number of anilines is 1. The zero-order valence-electron chi connectivity index (χ0n) is 21.6. The molecule has 2 amide bonds. The van der Waals surface area contributed by atoms with Crippen LogP contribution < -0.4 is 19.8 Å². The van der Waals surface area contributed by atoms with Crippen molar-refractivity contribution in [2.45, 2.75) is 18.9 Å². The summed E-state index contributed by atoms with van der Waals surface area (Å²) >= 11 is 6.22. The van der Waals surface area contributed by atoms with Crippen LogP contribution in [0.5, 0.6) is 11.5 Å². The number of carbonyl (C=O) groups is 2. The molecule has 0 bridgehead atoms. The van der Waals surface area contributed by atoms with Gasteiger partial charge in [-0.2, -0.15) is 0 Å². The number of hydrogen-bond donors (Lipinski definition) is 0. The number of carbonyl (C=O) groups excluding carboxylic acids is 2. The molecule has 4 aromatic rings. The van der Waals surface area contributed by atoms with Gasteiger partial charge < -0.3 is 23.7 Å². The van der Waals surface area contributed by atoms with Gasteiger partial charge in [0, 0.05) is 23.7 Å². The molecule has 1 aromatic heterocycles. The normalized spacial score (nSPS) is 17.7. The molecule has 39 heavy (non-hydrogen) atoms. The summed E-state index contributed by atoms with van der Waals surface area (Å²) in [6.45, 7) is 2.38. The number of halogens is 1. The summed E-state index contributed by atoms with van der Waals surface area (Å²) < 4.78 is 16.9. The van der Waals surface area contributed by atoms with Crippen LogP contribution in [0, 0.1) is 0 Å². The molecule has 0 radical (unpaired) electrons. The van der Waals surface area contributed by atoms with Crippen molar-refractivity contribution in [3.63, 3.8) is 0 Å². The van der Waals surface area contributed by atoms with Gasteiger partial charge >= 0.3 is 0 Å². The van der Waals surface area contributed by atoms with Gasteiger partial charge in [0.15, 0.2) is 22.5 Å². The fourth-order valence-corrected chi connectivity index (χ4v) is 6.03. The van der Waals surface area contributed by atoms with Gasteiger partial charge in [-0.1, -0.05) is 35.9 Å². The van der Waals surface area contributed by atoms with E-state index in [1.165, 1.54) is 11.0 Å². The van der Waals surface area contributed by atoms with Crippen LogP contribution in [0.3, 0.4) is 0 Å². The predicted molar refractivity (Wildman–Crippen MR) is 147 cm³/mol. The summed E-state index contributed by atoms with van der Waals surface area (Å²) in [6.07, 6.45) is 0.392. The van der Waals surface area contributed by atoms with Crippen molar-refractivity contribution in [3.8, 4) is 11.5 Å². The number of hydrogen-bond acceptors (Lipinski definition) is 6. The zero-order valence-corrected chi connectivity index (χ0v) is 22.4. The topological polar surface area (TPSA) is 89.3 Å². The molecule has 0 fully saturated rings. The largest absolute Gasteiger partial charge is 0.493 e. The van der Waals surface area contributed by atoms with Gasteiger partial charge in [-0.25, -0.2) is 0 Å². The van der Waals surface area contributed by atoms with Gasteiger partial charge in [-0.05, 0) is 55.3 Å². The summed E-state index contributed by atoms with van der Waals surface area (Å²) in [5, 5.41) is 0.571. The standard InChI is InChI=1S/C30H25ClN2O6/c1-4-32-21-8-6-5-7-20(21)30(29(32)36)25-26(34)19-16-18(31)10-12-22(19)39-27(25)28(35)33(30)14-13-17-9-11-23(37-2)24(15-17)38-3/h5-12,15-16H,4,13-14H2,1-3H3. The van der Waals surface area contributed by atoms with Crippen LogP contribution in [-0.2, 0) is 16.8 Å². The fourth-order valence-electron chi connectivity index (χ4n) is 5.85. The molecule has 1 spiro atoms. The molecular weight excluding hydrogens is 520 g/mol. The molecule has 0 aliphatic carbocycles. The number of fused-ring (bicyclic) bond motifs is 5. The minimum absolute atomic E-state index is 0.0305. The SMILES string of the molecule is CCN1C(=O)C2(c3ccccc31)c1c(oc3ccc(Cl)cc3c1=O)C(=O)N2CCc1ccc(OC)c(OC)c1. The van der Waals surface area contributed by atoms with Crippen molar-refractivity contribution in [1.82, 2.24) is 4.90 Å². The minimum atomic E-state index is -1.66. The highest BCUT2D eigenvalue weighted by atomic mass is 35.5. The second-order valence-electron chi connectivity index (χ2n) is 9.45. The summed E-state index contributed by atoms with van der Waals surface area (Å²) in [4.78, 5) is 45.6. The van der Waals surface area contributed by atoms with Crippen molar-refractivity contribution < 1.29 is 23.5 Å². The summed E-state index contributed by atoms with van der Waals surface area (Å²) in [7, 11) is 3.12. The van der Waals surface area contributed by atoms with Crippen molar-refractivity contribution in [2.75, 3.05) is 32.2 Å². The first-order valence-electron chi connectivity index (χ1n) is 12.6. The molecule has 2 aliphatic rings. The Morgan fingerprint density at radius 2 is 1.72 bits per heavy atom. The number of ether oxygens (including phenoxy) is 2. The highest BCUT2D eigenvalue weighted by molar-refractivity contribution is 6.31. The van der Waals surface area contributed by atoms with Crippen LogP contribution in [0.4, 0.5) is 5.69 Å². The molecule has 0 saturated carbocycles. The van der Waals surface area contributed by atoms with Gasteiger partial charge in [0.2, 0.25) is 5.76 Å². The number of amides is 2. The van der Waals surface area contributed by atoms with Crippen LogP contribution in [0.2, 0.25) is 5.02 Å². The van der Waals surface area contributed by atoms with Crippen molar-refractivity contribution in [2.24, 2.45) is 0 Å². The van der Waals surface area contributed by atoms with E-state index in [1.807, 2.05) is 37.3 Å². The Kier molecular flexibility index (Phi) is 5.88. The molecule has 2 aliphatic heterocycles. The summed E-state index contributed by atoms with van der Waals surface area (Å²) in [6, 6.07) is 17.5. The Hall–Kier alpha value is -4.30. The van der Waals surface area contributed by atoms with Gasteiger partial charge in [-0.3, -0.25) is 14.4 Å². The molecule has 0 saturated heterocycles. The number of methoxy groups -OCH3 is 2. The lowest BCUT2D eigenvalue weighted by atomic mass is 9.83. The number of benzene rings is 3. The van der Waals surface area contributed by atoms with E-state index in [2.05, 4.69) is 0 Å². The number of para-hydroxylation sites is 1. The van der Waals surface area contributed by atoms with Crippen LogP contribution in [0.1, 0.15) is 34.2 Å². The average Bonchev–Trinajstić information content (AvgIpc) is 3.35. The van der Waals surface area contributed by atoms with E-state index in [0.29, 0.717) is 40.7 Å². The van der Waals surface area contributed by atoms with E-state index in [-0.39, 0.29) is 34.7 Å². The number of likely N-dealkylation sites (N-methyl/N-ethyl adjacent to an activating group) is 1. The minimum Gasteiger partial charge on any atom is -0.493 e. The first-order chi connectivity index (χ1) is 18.9. The maximum absolute atomic E-state index is 14.4. The monoisotopic (exact) mass is 544 g/mol. The summed E-state index contributed by atoms with van der Waals surface area (Å²) in [5.74, 6) is 0.143. The molecule has 1 atom stereocenters. The third-order valence-corrected chi connectivity index (χ3v) is 7.82. The van der Waals surface area contributed by atoms with Crippen LogP contribution in [-0.4, -0.2) is 44.0 Å². The van der Waals surface area contributed by atoms with E-state index in [0.717, 1.165) is 5.56 Å². The lowest BCUT2D eigenvalue weighted by Crippen LogP contribution is -2.54. The van der Waals surface area contributed by atoms with Crippen molar-refractivity contribution in [3.05, 3.63) is 98.4 Å². The Morgan fingerprint density at radius 3 is 2.46 bits per heavy atom. The highest BCUT2D eigenvalue weighted by Gasteiger charge is 2.64. The molecule has 198 valence electrons. The van der Waals surface area contributed by atoms with Crippen LogP contribution in [0.15, 0.2) is 69.9 Å². The molecule has 9 heteroatoms. The highest BCUT2D eigenvalue weighted by Crippen LogP contribution is 2.52. The molecular formula is C30H25ClN2O6. The molecule has 8 nitrogen and oxygen atoms in total. The van der Waals surface area contributed by atoms with E-state index in [4.69, 9.17) is 25.5 Å².